The van der Waals surface area contributed by atoms with E-state index in [0.29, 0.717) is 90.5 Å². The fourth-order valence-electron chi connectivity index (χ4n) is 23.0. The smallest absolute Gasteiger partial charge is 0.232 e. The highest BCUT2D eigenvalue weighted by Gasteiger charge is 2.70. The van der Waals surface area contributed by atoms with Gasteiger partial charge in [0, 0.05) is 73.5 Å². The number of piperidine rings is 4. The van der Waals surface area contributed by atoms with Crippen LogP contribution in [0.25, 0.3) is 0 Å². The SMILES string of the molecule is CCCCN1C(=O)C2CCC3C4CCC5C(=O)N(CCCN6C(=O)C7CCC8C9CCC%10C(=O)N(CCC)C(=O)C%11CCC(C%12CCC(C6=O)C7C8%12)C9C%10%11)C(=O)C6CCC(C7CCC(C1=O)C2C37)C4C56. The summed E-state index contributed by atoms with van der Waals surface area (Å²) in [5, 5.41) is 0. The summed E-state index contributed by atoms with van der Waals surface area (Å²) in [7, 11) is 0. The van der Waals surface area contributed by atoms with Gasteiger partial charge in [-0.05, 0) is 217 Å². The normalized spacial score (nSPS) is 50.4. The van der Waals surface area contributed by atoms with Crippen molar-refractivity contribution in [1.29, 1.82) is 0 Å². The first-order valence-corrected chi connectivity index (χ1v) is 29.4. The van der Waals surface area contributed by atoms with E-state index in [0.717, 1.165) is 122 Å². The molecule has 12 nitrogen and oxygen atoms in total. The molecule has 4 heterocycles. The Morgan fingerprint density at radius 1 is 0.257 bits per heavy atom. The molecule has 14 fully saturated rings. The summed E-state index contributed by atoms with van der Waals surface area (Å²) in [6, 6.07) is 0. The van der Waals surface area contributed by atoms with Gasteiger partial charge in [0.15, 0.2) is 0 Å². The van der Waals surface area contributed by atoms with E-state index in [1.165, 1.54) is 0 Å². The van der Waals surface area contributed by atoms with Crippen molar-refractivity contribution in [3.63, 3.8) is 0 Å². The number of hydrogen-bond donors (Lipinski definition) is 0. The molecule has 0 aromatic heterocycles. The second-order valence-corrected chi connectivity index (χ2v) is 26.4. The number of likely N-dealkylation sites (tertiary alicyclic amines) is 4. The topological polar surface area (TPSA) is 150 Å². The third-order valence-corrected chi connectivity index (χ3v) is 24.7. The van der Waals surface area contributed by atoms with Crippen LogP contribution in [-0.2, 0) is 38.4 Å². The van der Waals surface area contributed by atoms with Gasteiger partial charge in [-0.15, -0.1) is 0 Å². The van der Waals surface area contributed by atoms with Gasteiger partial charge in [0.1, 0.15) is 0 Å². The van der Waals surface area contributed by atoms with E-state index in [1.807, 2.05) is 6.92 Å². The monoisotopic (exact) mass is 959 g/mol. The van der Waals surface area contributed by atoms with Crippen LogP contribution in [0.2, 0.25) is 0 Å². The van der Waals surface area contributed by atoms with Gasteiger partial charge in [0.2, 0.25) is 47.3 Å². The van der Waals surface area contributed by atoms with Crippen LogP contribution in [-0.4, -0.2) is 93.0 Å². The molecule has 14 aliphatic rings. The minimum atomic E-state index is -0.166. The molecule has 8 amide bonds. The van der Waals surface area contributed by atoms with Gasteiger partial charge in [-0.2, -0.15) is 0 Å². The van der Waals surface area contributed by atoms with Crippen LogP contribution in [0.4, 0.5) is 0 Å². The van der Waals surface area contributed by atoms with Gasteiger partial charge >= 0.3 is 0 Å². The number of fused-ring (bicyclic) bond motifs is 4. The molecule has 0 N–H and O–H groups in total. The summed E-state index contributed by atoms with van der Waals surface area (Å²) in [5.41, 5.74) is 0. The zero-order chi connectivity index (χ0) is 47.8. The van der Waals surface area contributed by atoms with Gasteiger partial charge < -0.3 is 0 Å². The van der Waals surface area contributed by atoms with Crippen LogP contribution in [0.1, 0.15) is 142 Å². The minimum Gasteiger partial charge on any atom is -0.282 e. The van der Waals surface area contributed by atoms with Crippen LogP contribution in [0.3, 0.4) is 0 Å². The number of rotatable bonds is 9. The number of nitrogens with zero attached hydrogens (tertiary/aromatic N) is 4. The predicted octanol–water partition coefficient (Wildman–Crippen LogP) is 7.23. The Balaban J connectivity index is 0.650. The van der Waals surface area contributed by atoms with Crippen LogP contribution in [0, 0.1) is 142 Å². The molecule has 10 aliphatic carbocycles. The Bertz CT molecular complexity index is 2160. The Morgan fingerprint density at radius 3 is 0.657 bits per heavy atom. The summed E-state index contributed by atoms with van der Waals surface area (Å²) < 4.78 is 0. The number of carbonyl (C=O) groups excluding carboxylic acids is 8. The molecule has 4 saturated heterocycles. The zero-order valence-electron chi connectivity index (χ0n) is 41.9. The molecule has 14 rings (SSSR count). The van der Waals surface area contributed by atoms with Gasteiger partial charge in [0.25, 0.3) is 0 Å². The average Bonchev–Trinajstić information content (AvgIpc) is 3.37. The van der Waals surface area contributed by atoms with Crippen molar-refractivity contribution < 1.29 is 38.4 Å². The van der Waals surface area contributed by atoms with Crippen molar-refractivity contribution in [2.24, 2.45) is 142 Å². The first kappa shape index (κ1) is 45.2. The maximum atomic E-state index is 14.7. The standard InChI is InChI=1S/C58H78N4O8/c1-3-5-24-60-53(65)37-17-9-29-33-13-21-41-50-42(22-14-34(46(33)50)30-10-18-38(54(60)66)48(37)44(29)30)58(70)62(57(41)69)26-6-25-61-55(67)39-19-11-31-27-7-15-35-47-36(52(64)59(23-4-2)51(35)63)16-8-28(43(27)47)32-12-20-40(56(61)68)49(39)45(31)32/h27-50H,3-26H2,1-2H3. The quantitative estimate of drug-likeness (QED) is 0.220. The average molecular weight is 959 g/mol. The van der Waals surface area contributed by atoms with E-state index in [2.05, 4.69) is 6.92 Å². The van der Waals surface area contributed by atoms with Crippen LogP contribution < -0.4 is 0 Å². The molecule has 70 heavy (non-hydrogen) atoms. The first-order valence-electron chi connectivity index (χ1n) is 29.4. The molecule has 10 saturated carbocycles. The number of amides is 8. The van der Waals surface area contributed by atoms with Crippen molar-refractivity contribution in [1.82, 2.24) is 19.6 Å². The lowest BCUT2D eigenvalue weighted by Crippen LogP contribution is -2.68. The minimum absolute atomic E-state index is 0.0255. The van der Waals surface area contributed by atoms with Crippen LogP contribution in [0.5, 0.6) is 0 Å². The summed E-state index contributed by atoms with van der Waals surface area (Å²) in [6.45, 7) is 5.75. The molecule has 0 aromatic carbocycles. The Kier molecular flexibility index (Phi) is 10.7. The summed E-state index contributed by atoms with van der Waals surface area (Å²) in [4.78, 5) is 121. The van der Waals surface area contributed by atoms with Crippen LogP contribution >= 0.6 is 0 Å². The molecular weight excluding hydrogens is 881 g/mol. The highest BCUT2D eigenvalue weighted by atomic mass is 16.2. The maximum absolute atomic E-state index is 14.7. The van der Waals surface area contributed by atoms with Gasteiger partial charge in [-0.3, -0.25) is 58.0 Å². The van der Waals surface area contributed by atoms with Crippen molar-refractivity contribution in [2.45, 2.75) is 142 Å². The predicted molar refractivity (Wildman–Crippen MR) is 254 cm³/mol. The molecule has 4 aliphatic heterocycles. The van der Waals surface area contributed by atoms with Crippen LogP contribution in [0.15, 0.2) is 0 Å². The van der Waals surface area contributed by atoms with Gasteiger partial charge in [-0.25, -0.2) is 0 Å². The number of unbranched alkanes of at least 4 members (excludes halogenated alkanes) is 1. The van der Waals surface area contributed by atoms with Crippen molar-refractivity contribution in [2.75, 3.05) is 26.2 Å². The fourth-order valence-corrected chi connectivity index (χ4v) is 23.0. The molecule has 0 radical (unpaired) electrons. The zero-order valence-corrected chi connectivity index (χ0v) is 41.9. The Labute approximate surface area is 414 Å². The molecule has 0 bridgehead atoms. The molecule has 0 spiro atoms. The number of hydrogen-bond acceptors (Lipinski definition) is 8. The molecule has 12 heteroatoms. The lowest BCUT2D eigenvalue weighted by Gasteiger charge is -2.67. The lowest BCUT2D eigenvalue weighted by molar-refractivity contribution is -0.210. The highest BCUT2D eigenvalue weighted by molar-refractivity contribution is 6.03. The van der Waals surface area contributed by atoms with E-state index in [9.17, 15) is 38.4 Å². The molecule has 378 valence electrons. The summed E-state index contributed by atoms with van der Waals surface area (Å²) >= 11 is 0. The summed E-state index contributed by atoms with van der Waals surface area (Å²) in [6.07, 6.45) is 17.6. The third kappa shape index (κ3) is 5.94. The van der Waals surface area contributed by atoms with E-state index in [4.69, 9.17) is 0 Å². The Morgan fingerprint density at radius 2 is 0.457 bits per heavy atom. The summed E-state index contributed by atoms with van der Waals surface area (Å²) in [5.74, 6) is 5.01. The van der Waals surface area contributed by atoms with E-state index >= 15 is 0 Å². The largest absolute Gasteiger partial charge is 0.282 e. The van der Waals surface area contributed by atoms with E-state index < -0.39 is 0 Å². The molecule has 16 atom stereocenters. The molecule has 16 unspecified atom stereocenters. The fraction of sp³-hybridized carbons (Fsp3) is 0.862. The first-order chi connectivity index (χ1) is 34.0. The van der Waals surface area contributed by atoms with Crippen molar-refractivity contribution >= 4 is 47.3 Å². The molecule has 0 aromatic rings. The highest BCUT2D eigenvalue weighted by Crippen LogP contribution is 2.71. The maximum Gasteiger partial charge on any atom is 0.232 e. The second-order valence-electron chi connectivity index (χ2n) is 26.4. The number of carbonyl (C=O) groups is 8. The van der Waals surface area contributed by atoms with Crippen molar-refractivity contribution in [3.05, 3.63) is 0 Å². The second kappa shape index (κ2) is 16.5. The van der Waals surface area contributed by atoms with E-state index in [-0.39, 0.29) is 131 Å². The third-order valence-electron chi connectivity index (χ3n) is 24.7. The van der Waals surface area contributed by atoms with Gasteiger partial charge in [-0.1, -0.05) is 20.3 Å². The molecular formula is C58H78N4O8. The van der Waals surface area contributed by atoms with Crippen molar-refractivity contribution in [3.8, 4) is 0 Å². The van der Waals surface area contributed by atoms with Gasteiger partial charge in [0.05, 0.1) is 0 Å². The lowest BCUT2D eigenvalue weighted by atomic mass is 9.38. The van der Waals surface area contributed by atoms with E-state index in [1.54, 1.807) is 19.6 Å². The Hall–Kier alpha value is -3.44. The number of imide groups is 4.